The van der Waals surface area contributed by atoms with Crippen LogP contribution in [-0.2, 0) is 12.0 Å². The molecule has 2 rings (SSSR count). The van der Waals surface area contributed by atoms with Gasteiger partial charge in [0.25, 0.3) is 0 Å². The number of guanidine groups is 1. The first kappa shape index (κ1) is 17.6. The Kier molecular flexibility index (Phi) is 6.24. The molecule has 0 aliphatic heterocycles. The van der Waals surface area contributed by atoms with Crippen LogP contribution in [0.3, 0.4) is 0 Å². The summed E-state index contributed by atoms with van der Waals surface area (Å²) in [6.45, 7) is 7.39. The number of hydrogen-bond donors (Lipinski definition) is 3. The fourth-order valence-corrected chi connectivity index (χ4v) is 2.84. The second-order valence-electron chi connectivity index (χ2n) is 5.64. The molecule has 2 heterocycles. The Hall–Kier alpha value is -1.79. The molecule has 1 atom stereocenters. The van der Waals surface area contributed by atoms with Crippen LogP contribution in [0.15, 0.2) is 39.1 Å². The van der Waals surface area contributed by atoms with E-state index in [9.17, 15) is 5.11 Å². The first-order chi connectivity index (χ1) is 11.0. The van der Waals surface area contributed by atoms with Crippen LogP contribution in [0, 0.1) is 6.92 Å². The molecule has 0 fully saturated rings. The molecule has 5 nitrogen and oxygen atoms in total. The van der Waals surface area contributed by atoms with E-state index in [1.807, 2.05) is 19.9 Å². The van der Waals surface area contributed by atoms with E-state index in [1.165, 1.54) is 4.88 Å². The molecular formula is C17H25N3O2S. The third-order valence-corrected chi connectivity index (χ3v) is 4.34. The van der Waals surface area contributed by atoms with Gasteiger partial charge in [-0.3, -0.25) is 0 Å². The summed E-state index contributed by atoms with van der Waals surface area (Å²) in [6.07, 6.45) is 0.954. The van der Waals surface area contributed by atoms with Crippen molar-refractivity contribution in [3.05, 3.63) is 46.0 Å². The largest absolute Gasteiger partial charge is 0.463 e. The van der Waals surface area contributed by atoms with Crippen LogP contribution in [0.25, 0.3) is 0 Å². The van der Waals surface area contributed by atoms with Gasteiger partial charge in [-0.05, 0) is 50.8 Å². The van der Waals surface area contributed by atoms with Gasteiger partial charge in [0, 0.05) is 18.0 Å². The maximum Gasteiger partial charge on any atom is 0.191 e. The average molecular weight is 335 g/mol. The zero-order chi connectivity index (χ0) is 16.7. The predicted molar refractivity (Wildman–Crippen MR) is 95.0 cm³/mol. The Morgan fingerprint density at radius 3 is 2.78 bits per heavy atom. The second kappa shape index (κ2) is 8.17. The van der Waals surface area contributed by atoms with E-state index in [-0.39, 0.29) is 6.54 Å². The highest BCUT2D eigenvalue weighted by molar-refractivity contribution is 7.09. The van der Waals surface area contributed by atoms with Crippen molar-refractivity contribution in [3.8, 4) is 0 Å². The molecular weight excluding hydrogens is 310 g/mol. The van der Waals surface area contributed by atoms with Crippen molar-refractivity contribution in [2.24, 2.45) is 4.99 Å². The SMILES string of the molecule is CCNC(=NCC(C)(O)c1ccc(C)o1)NCCc1cccs1. The molecule has 126 valence electrons. The van der Waals surface area contributed by atoms with Crippen molar-refractivity contribution in [3.63, 3.8) is 0 Å². The van der Waals surface area contributed by atoms with Crippen molar-refractivity contribution in [1.82, 2.24) is 10.6 Å². The number of rotatable bonds is 7. The Balaban J connectivity index is 1.91. The molecule has 2 aromatic heterocycles. The van der Waals surface area contributed by atoms with Gasteiger partial charge >= 0.3 is 0 Å². The Morgan fingerprint density at radius 1 is 1.35 bits per heavy atom. The summed E-state index contributed by atoms with van der Waals surface area (Å²) in [5.41, 5.74) is -1.12. The molecule has 0 aliphatic carbocycles. The first-order valence-corrected chi connectivity index (χ1v) is 8.73. The van der Waals surface area contributed by atoms with Gasteiger partial charge in [0.2, 0.25) is 0 Å². The molecule has 0 saturated heterocycles. The zero-order valence-electron chi connectivity index (χ0n) is 13.9. The minimum atomic E-state index is -1.12. The van der Waals surface area contributed by atoms with Gasteiger partial charge in [-0.15, -0.1) is 11.3 Å². The molecule has 6 heteroatoms. The summed E-state index contributed by atoms with van der Waals surface area (Å²) < 4.78 is 5.51. The average Bonchev–Trinajstić information content (AvgIpc) is 3.16. The molecule has 0 aliphatic rings. The quantitative estimate of drug-likeness (QED) is 0.537. The van der Waals surface area contributed by atoms with Gasteiger partial charge in [0.05, 0.1) is 6.54 Å². The molecule has 0 aromatic carbocycles. The van der Waals surface area contributed by atoms with E-state index in [4.69, 9.17) is 4.42 Å². The molecule has 0 spiro atoms. The van der Waals surface area contributed by atoms with Crippen LogP contribution < -0.4 is 10.6 Å². The van der Waals surface area contributed by atoms with Gasteiger partial charge < -0.3 is 20.2 Å². The number of aliphatic hydroxyl groups is 1. The van der Waals surface area contributed by atoms with Crippen LogP contribution >= 0.6 is 11.3 Å². The summed E-state index contributed by atoms with van der Waals surface area (Å²) in [7, 11) is 0. The molecule has 0 amide bonds. The number of hydrogen-bond acceptors (Lipinski definition) is 4. The van der Waals surface area contributed by atoms with Crippen LogP contribution in [0.5, 0.6) is 0 Å². The van der Waals surface area contributed by atoms with Crippen molar-refractivity contribution in [2.45, 2.75) is 32.8 Å². The maximum atomic E-state index is 10.5. The van der Waals surface area contributed by atoms with Crippen molar-refractivity contribution in [2.75, 3.05) is 19.6 Å². The normalized spacial score (nSPS) is 14.5. The van der Waals surface area contributed by atoms with Crippen LogP contribution in [0.2, 0.25) is 0 Å². The smallest absolute Gasteiger partial charge is 0.191 e. The van der Waals surface area contributed by atoms with Gasteiger partial charge in [-0.25, -0.2) is 4.99 Å². The van der Waals surface area contributed by atoms with Gasteiger partial charge in [-0.2, -0.15) is 0 Å². The highest BCUT2D eigenvalue weighted by Gasteiger charge is 2.26. The molecule has 3 N–H and O–H groups in total. The first-order valence-electron chi connectivity index (χ1n) is 7.85. The fraction of sp³-hybridized carbons (Fsp3) is 0.471. The fourth-order valence-electron chi connectivity index (χ4n) is 2.14. The van der Waals surface area contributed by atoms with Crippen molar-refractivity contribution >= 4 is 17.3 Å². The summed E-state index contributed by atoms with van der Waals surface area (Å²) >= 11 is 1.75. The summed E-state index contributed by atoms with van der Waals surface area (Å²) in [5, 5.41) is 19.1. The number of nitrogens with zero attached hydrogens (tertiary/aromatic N) is 1. The third-order valence-electron chi connectivity index (χ3n) is 3.40. The van der Waals surface area contributed by atoms with E-state index in [0.717, 1.165) is 25.3 Å². The summed E-state index contributed by atoms with van der Waals surface area (Å²) in [4.78, 5) is 5.82. The highest BCUT2D eigenvalue weighted by atomic mass is 32.1. The van der Waals surface area contributed by atoms with Crippen LogP contribution in [-0.4, -0.2) is 30.7 Å². The Morgan fingerprint density at radius 2 is 2.17 bits per heavy atom. The third kappa shape index (κ3) is 5.41. The molecule has 0 saturated carbocycles. The lowest BCUT2D eigenvalue weighted by atomic mass is 10.0. The zero-order valence-corrected chi connectivity index (χ0v) is 14.7. The van der Waals surface area contributed by atoms with Gasteiger partial charge in [0.1, 0.15) is 17.1 Å². The number of aliphatic imine (C=N–C) groups is 1. The van der Waals surface area contributed by atoms with E-state index >= 15 is 0 Å². The molecule has 0 bridgehead atoms. The van der Waals surface area contributed by atoms with E-state index in [1.54, 1.807) is 24.3 Å². The lowest BCUT2D eigenvalue weighted by Gasteiger charge is -2.19. The minimum Gasteiger partial charge on any atom is -0.463 e. The number of aryl methyl sites for hydroxylation is 1. The predicted octanol–water partition coefficient (Wildman–Crippen LogP) is 2.65. The molecule has 2 aromatic rings. The highest BCUT2D eigenvalue weighted by Crippen LogP contribution is 2.23. The lowest BCUT2D eigenvalue weighted by Crippen LogP contribution is -2.39. The standard InChI is InChI=1S/C17H25N3O2S/c1-4-18-16(19-10-9-14-6-5-11-23-14)20-12-17(3,21)15-8-7-13(2)22-15/h5-8,11,21H,4,9-10,12H2,1-3H3,(H2,18,19,20). The number of thiophene rings is 1. The minimum absolute atomic E-state index is 0.230. The Bertz CT molecular complexity index is 618. The summed E-state index contributed by atoms with van der Waals surface area (Å²) in [5.74, 6) is 2.02. The van der Waals surface area contributed by atoms with Gasteiger partial charge in [0.15, 0.2) is 5.96 Å². The van der Waals surface area contributed by atoms with Crippen molar-refractivity contribution < 1.29 is 9.52 Å². The topological polar surface area (TPSA) is 69.8 Å². The molecule has 1 unspecified atom stereocenters. The van der Waals surface area contributed by atoms with Crippen molar-refractivity contribution in [1.29, 1.82) is 0 Å². The van der Waals surface area contributed by atoms with E-state index < -0.39 is 5.60 Å². The van der Waals surface area contributed by atoms with Gasteiger partial charge in [-0.1, -0.05) is 6.07 Å². The summed E-state index contributed by atoms with van der Waals surface area (Å²) in [6, 6.07) is 7.82. The van der Waals surface area contributed by atoms with Crippen LogP contribution in [0.4, 0.5) is 0 Å². The van der Waals surface area contributed by atoms with E-state index in [2.05, 4.69) is 33.1 Å². The van der Waals surface area contributed by atoms with E-state index in [0.29, 0.717) is 11.7 Å². The second-order valence-corrected chi connectivity index (χ2v) is 6.67. The molecule has 23 heavy (non-hydrogen) atoms. The number of nitrogens with one attached hydrogen (secondary N) is 2. The molecule has 0 radical (unpaired) electrons. The van der Waals surface area contributed by atoms with Crippen LogP contribution in [0.1, 0.15) is 30.2 Å². The maximum absolute atomic E-state index is 10.5. The number of furan rings is 1. The lowest BCUT2D eigenvalue weighted by molar-refractivity contribution is 0.0428. The Labute approximate surface area is 141 Å². The monoisotopic (exact) mass is 335 g/mol.